The minimum Gasteiger partial charge on any atom is -0.305 e. The second-order valence-electron chi connectivity index (χ2n) is 0.938. The summed E-state index contributed by atoms with van der Waals surface area (Å²) in [6.45, 7) is 3.32. The molecule has 0 amide bonds. The van der Waals surface area contributed by atoms with Crippen molar-refractivity contribution in [3.63, 3.8) is 0 Å². The molecule has 0 atom stereocenters. The van der Waals surface area contributed by atoms with Gasteiger partial charge in [-0.2, -0.15) is 5.26 Å². The molecule has 0 aliphatic heterocycles. The van der Waals surface area contributed by atoms with Gasteiger partial charge < -0.3 is 5.32 Å². The van der Waals surface area contributed by atoms with Gasteiger partial charge in [-0.05, 0) is 6.54 Å². The van der Waals surface area contributed by atoms with Crippen molar-refractivity contribution in [1.82, 2.24) is 5.32 Å². The molecule has 0 aliphatic rings. The van der Waals surface area contributed by atoms with E-state index in [1.54, 1.807) is 0 Å². The van der Waals surface area contributed by atoms with Crippen LogP contribution in [0.4, 0.5) is 0 Å². The lowest BCUT2D eigenvalue weighted by atomic mass is 10.7. The van der Waals surface area contributed by atoms with Crippen molar-refractivity contribution in [3.8, 4) is 6.07 Å². The number of nitrogens with zero attached hydrogens (tertiary/aromatic N) is 1. The molecule has 0 aromatic carbocycles. The van der Waals surface area contributed by atoms with E-state index in [-0.39, 0.29) is 12.4 Å². The Morgan fingerprint density at radius 2 is 2.29 bits per heavy atom. The molecule has 2 nitrogen and oxygen atoms in total. The number of hydrogen-bond acceptors (Lipinski definition) is 2. The summed E-state index contributed by atoms with van der Waals surface area (Å²) in [7, 11) is 0. The lowest BCUT2D eigenvalue weighted by Crippen LogP contribution is -2.11. The van der Waals surface area contributed by atoms with Gasteiger partial charge in [0.1, 0.15) is 0 Å². The molecule has 0 bridgehead atoms. The van der Waals surface area contributed by atoms with Crippen LogP contribution in [0.5, 0.6) is 0 Å². The van der Waals surface area contributed by atoms with Crippen LogP contribution in [0, 0.1) is 11.3 Å². The fraction of sp³-hybridized carbons (Fsp3) is 0.750. The third-order valence-corrected chi connectivity index (χ3v) is 0.454. The van der Waals surface area contributed by atoms with Crippen LogP contribution < -0.4 is 5.32 Å². The van der Waals surface area contributed by atoms with Gasteiger partial charge in [0.05, 0.1) is 12.6 Å². The van der Waals surface area contributed by atoms with E-state index in [0.717, 1.165) is 6.54 Å². The third-order valence-electron chi connectivity index (χ3n) is 0.454. The number of halogens is 1. The van der Waals surface area contributed by atoms with Crippen molar-refractivity contribution in [2.24, 2.45) is 0 Å². The molecule has 0 rings (SSSR count). The smallest absolute Gasteiger partial charge is 0.0840 e. The van der Waals surface area contributed by atoms with Gasteiger partial charge in [-0.25, -0.2) is 0 Å². The molecular weight excluding hydrogens is 112 g/mol. The molecule has 0 aromatic rings. The summed E-state index contributed by atoms with van der Waals surface area (Å²) in [6.07, 6.45) is 0. The first-order chi connectivity index (χ1) is 2.91. The summed E-state index contributed by atoms with van der Waals surface area (Å²) in [4.78, 5) is 0. The molecular formula is C4H9ClN2. The van der Waals surface area contributed by atoms with E-state index < -0.39 is 0 Å². The average molecular weight is 121 g/mol. The van der Waals surface area contributed by atoms with Crippen LogP contribution in [0.1, 0.15) is 6.92 Å². The molecule has 3 heteroatoms. The first kappa shape index (κ1) is 9.88. The van der Waals surface area contributed by atoms with Crippen LogP contribution in [-0.4, -0.2) is 13.1 Å². The van der Waals surface area contributed by atoms with Gasteiger partial charge in [-0.1, -0.05) is 6.92 Å². The van der Waals surface area contributed by atoms with Gasteiger partial charge in [0.2, 0.25) is 0 Å². The van der Waals surface area contributed by atoms with Crippen LogP contribution in [0.25, 0.3) is 0 Å². The summed E-state index contributed by atoms with van der Waals surface area (Å²) < 4.78 is 0. The highest BCUT2D eigenvalue weighted by molar-refractivity contribution is 5.85. The fourth-order valence-electron chi connectivity index (χ4n) is 0.181. The molecule has 1 N–H and O–H groups in total. The highest BCUT2D eigenvalue weighted by atomic mass is 35.5. The maximum Gasteiger partial charge on any atom is 0.0840 e. The first-order valence-corrected chi connectivity index (χ1v) is 1.99. The van der Waals surface area contributed by atoms with Crippen LogP contribution >= 0.6 is 12.4 Å². The van der Waals surface area contributed by atoms with E-state index >= 15 is 0 Å². The Kier molecular flexibility index (Phi) is 13.0. The maximum atomic E-state index is 7.88. The van der Waals surface area contributed by atoms with E-state index in [2.05, 4.69) is 5.32 Å². The lowest BCUT2D eigenvalue weighted by Gasteiger charge is -1.84. The van der Waals surface area contributed by atoms with Gasteiger partial charge in [0.25, 0.3) is 0 Å². The third kappa shape index (κ3) is 10.7. The molecule has 0 fully saturated rings. The average Bonchev–Trinajstić information content (AvgIpc) is 1.61. The van der Waals surface area contributed by atoms with Crippen molar-refractivity contribution in [2.75, 3.05) is 13.1 Å². The molecule has 0 unspecified atom stereocenters. The van der Waals surface area contributed by atoms with Gasteiger partial charge in [-0.15, -0.1) is 12.4 Å². The van der Waals surface area contributed by atoms with E-state index in [0.29, 0.717) is 6.54 Å². The predicted octanol–water partition coefficient (Wildman–Crippen LogP) is 0.541. The standard InChI is InChI=1S/C4H8N2.ClH/c1-2-6-4-3-5;/h6H,2,4H2,1H3;1H. The SMILES string of the molecule is CCNCC#N.Cl. The van der Waals surface area contributed by atoms with Crippen LogP contribution in [0.2, 0.25) is 0 Å². The molecule has 0 radical (unpaired) electrons. The van der Waals surface area contributed by atoms with Crippen molar-refractivity contribution in [1.29, 1.82) is 5.26 Å². The Morgan fingerprint density at radius 3 is 2.43 bits per heavy atom. The molecule has 0 saturated carbocycles. The summed E-state index contributed by atoms with van der Waals surface area (Å²) >= 11 is 0. The topological polar surface area (TPSA) is 35.8 Å². The normalized spacial score (nSPS) is 6.29. The van der Waals surface area contributed by atoms with Crippen molar-refractivity contribution < 1.29 is 0 Å². The first-order valence-electron chi connectivity index (χ1n) is 1.99. The number of nitriles is 1. The van der Waals surface area contributed by atoms with Crippen molar-refractivity contribution >= 4 is 12.4 Å². The molecule has 0 saturated heterocycles. The second kappa shape index (κ2) is 9.22. The minimum atomic E-state index is 0. The van der Waals surface area contributed by atoms with Gasteiger partial charge in [-0.3, -0.25) is 0 Å². The second-order valence-corrected chi connectivity index (χ2v) is 0.938. The highest BCUT2D eigenvalue weighted by Crippen LogP contribution is 1.49. The Morgan fingerprint density at radius 1 is 1.71 bits per heavy atom. The number of rotatable bonds is 2. The predicted molar refractivity (Wildman–Crippen MR) is 31.4 cm³/mol. The van der Waals surface area contributed by atoms with E-state index in [1.807, 2.05) is 13.0 Å². The summed E-state index contributed by atoms with van der Waals surface area (Å²) in [6, 6.07) is 1.96. The molecule has 42 valence electrons. The highest BCUT2D eigenvalue weighted by Gasteiger charge is 1.69. The number of nitrogens with one attached hydrogen (secondary N) is 1. The molecule has 0 aliphatic carbocycles. The zero-order valence-corrected chi connectivity index (χ0v) is 5.09. The molecule has 0 heterocycles. The van der Waals surface area contributed by atoms with E-state index in [9.17, 15) is 0 Å². The van der Waals surface area contributed by atoms with E-state index in [4.69, 9.17) is 5.26 Å². The van der Waals surface area contributed by atoms with Crippen molar-refractivity contribution in [2.45, 2.75) is 6.92 Å². The van der Waals surface area contributed by atoms with Crippen LogP contribution in [-0.2, 0) is 0 Å². The zero-order chi connectivity index (χ0) is 4.83. The summed E-state index contributed by atoms with van der Waals surface area (Å²) in [5.41, 5.74) is 0. The van der Waals surface area contributed by atoms with E-state index in [1.165, 1.54) is 0 Å². The Bertz CT molecular complexity index is 57.2. The maximum absolute atomic E-state index is 7.88. The fourth-order valence-corrected chi connectivity index (χ4v) is 0.181. The zero-order valence-electron chi connectivity index (χ0n) is 4.27. The molecule has 0 spiro atoms. The monoisotopic (exact) mass is 120 g/mol. The Balaban J connectivity index is 0. The minimum absolute atomic E-state index is 0. The molecule has 7 heavy (non-hydrogen) atoms. The van der Waals surface area contributed by atoms with Crippen LogP contribution in [0.15, 0.2) is 0 Å². The number of hydrogen-bond donors (Lipinski definition) is 1. The largest absolute Gasteiger partial charge is 0.305 e. The summed E-state index contributed by atoms with van der Waals surface area (Å²) in [5.74, 6) is 0. The van der Waals surface area contributed by atoms with Crippen LogP contribution in [0.3, 0.4) is 0 Å². The molecule has 0 aromatic heterocycles. The van der Waals surface area contributed by atoms with Crippen molar-refractivity contribution in [3.05, 3.63) is 0 Å². The van der Waals surface area contributed by atoms with Gasteiger partial charge in [0.15, 0.2) is 0 Å². The quantitative estimate of drug-likeness (QED) is 0.427. The summed E-state index contributed by atoms with van der Waals surface area (Å²) in [5, 5.41) is 10.7. The van der Waals surface area contributed by atoms with Gasteiger partial charge >= 0.3 is 0 Å². The Labute approximate surface area is 49.9 Å². The van der Waals surface area contributed by atoms with Gasteiger partial charge in [0, 0.05) is 0 Å². The lowest BCUT2D eigenvalue weighted by molar-refractivity contribution is 0.805. The Hall–Kier alpha value is -0.260.